The number of carbonyl (C=O) groups is 1. The fourth-order valence-corrected chi connectivity index (χ4v) is 3.62. The van der Waals surface area contributed by atoms with E-state index in [9.17, 15) is 9.59 Å². The lowest BCUT2D eigenvalue weighted by Gasteiger charge is -2.15. The topological polar surface area (TPSA) is 76.9 Å². The molecule has 1 amide bonds. The number of anilines is 1. The highest BCUT2D eigenvalue weighted by Crippen LogP contribution is 2.21. The fourth-order valence-electron chi connectivity index (χ4n) is 3.62. The molecule has 0 aliphatic heterocycles. The van der Waals surface area contributed by atoms with Gasteiger partial charge in [0.1, 0.15) is 12.9 Å². The van der Waals surface area contributed by atoms with E-state index in [1.807, 2.05) is 38.1 Å². The molecule has 0 bridgehead atoms. The molecule has 0 fully saturated rings. The fraction of sp³-hybridized carbons (Fsp3) is 0.333. The first-order valence-electron chi connectivity index (χ1n) is 9.26. The average molecular weight is 362 g/mol. The third-order valence-electron chi connectivity index (χ3n) is 5.06. The normalized spacial score (nSPS) is 13.4. The molecule has 0 saturated carbocycles. The van der Waals surface area contributed by atoms with E-state index in [0.29, 0.717) is 11.0 Å². The van der Waals surface area contributed by atoms with Crippen LogP contribution in [0.5, 0.6) is 0 Å². The highest BCUT2D eigenvalue weighted by molar-refractivity contribution is 5.91. The molecule has 2 aromatic heterocycles. The predicted octanol–water partition coefficient (Wildman–Crippen LogP) is 2.93. The first-order valence-corrected chi connectivity index (χ1v) is 9.26. The van der Waals surface area contributed by atoms with Gasteiger partial charge in [0.25, 0.3) is 5.56 Å². The van der Waals surface area contributed by atoms with Crippen molar-refractivity contribution in [2.45, 2.75) is 46.1 Å². The van der Waals surface area contributed by atoms with Crippen molar-refractivity contribution in [3.8, 4) is 0 Å². The van der Waals surface area contributed by atoms with Crippen molar-refractivity contribution in [2.24, 2.45) is 0 Å². The largest absolute Gasteiger partial charge is 0.324 e. The first-order chi connectivity index (χ1) is 13.0. The molecule has 1 aromatic carbocycles. The van der Waals surface area contributed by atoms with E-state index < -0.39 is 0 Å². The van der Waals surface area contributed by atoms with Crippen LogP contribution >= 0.6 is 0 Å². The van der Waals surface area contributed by atoms with Crippen molar-refractivity contribution in [1.29, 1.82) is 0 Å². The van der Waals surface area contributed by atoms with E-state index in [2.05, 4.69) is 15.3 Å². The average Bonchev–Trinajstić information content (AvgIpc) is 2.65. The van der Waals surface area contributed by atoms with Crippen LogP contribution < -0.4 is 10.9 Å². The molecule has 1 aliphatic rings. The smallest absolute Gasteiger partial charge is 0.263 e. The van der Waals surface area contributed by atoms with Gasteiger partial charge in [-0.2, -0.15) is 0 Å². The molecule has 0 unspecified atom stereocenters. The lowest BCUT2D eigenvalue weighted by molar-refractivity contribution is -0.116. The van der Waals surface area contributed by atoms with Crippen LogP contribution in [0.3, 0.4) is 0 Å². The molecule has 138 valence electrons. The molecule has 27 heavy (non-hydrogen) atoms. The second kappa shape index (κ2) is 6.95. The number of benzene rings is 1. The van der Waals surface area contributed by atoms with Gasteiger partial charge in [-0.15, -0.1) is 0 Å². The van der Waals surface area contributed by atoms with Crippen LogP contribution in [0, 0.1) is 13.8 Å². The lowest BCUT2D eigenvalue weighted by Crippen LogP contribution is -2.28. The second-order valence-electron chi connectivity index (χ2n) is 7.22. The van der Waals surface area contributed by atoms with Crippen LogP contribution in [0.15, 0.2) is 35.4 Å². The molecule has 2 heterocycles. The quantitative estimate of drug-likeness (QED) is 0.777. The minimum absolute atomic E-state index is 0.0772. The Morgan fingerprint density at radius 3 is 2.81 bits per heavy atom. The summed E-state index contributed by atoms with van der Waals surface area (Å²) in [5.41, 5.74) is 5.29. The molecular formula is C21H22N4O2. The Kier molecular flexibility index (Phi) is 4.48. The number of amides is 1. The van der Waals surface area contributed by atoms with Crippen molar-refractivity contribution in [3.63, 3.8) is 0 Å². The van der Waals surface area contributed by atoms with E-state index >= 15 is 0 Å². The molecule has 6 heteroatoms. The minimum atomic E-state index is -0.254. The molecule has 6 nitrogen and oxygen atoms in total. The zero-order valence-corrected chi connectivity index (χ0v) is 15.6. The van der Waals surface area contributed by atoms with Crippen molar-refractivity contribution < 1.29 is 4.79 Å². The second-order valence-corrected chi connectivity index (χ2v) is 7.22. The van der Waals surface area contributed by atoms with E-state index in [-0.39, 0.29) is 18.0 Å². The Hall–Kier alpha value is -3.02. The number of aromatic nitrogens is 3. The number of carbonyl (C=O) groups excluding carboxylic acids is 1. The van der Waals surface area contributed by atoms with E-state index in [4.69, 9.17) is 0 Å². The lowest BCUT2D eigenvalue weighted by atomic mass is 9.95. The maximum atomic E-state index is 12.8. The van der Waals surface area contributed by atoms with Crippen LogP contribution in [-0.2, 0) is 24.2 Å². The zero-order chi connectivity index (χ0) is 19.0. The van der Waals surface area contributed by atoms with Crippen molar-refractivity contribution >= 4 is 22.6 Å². The number of pyridine rings is 1. The summed E-state index contributed by atoms with van der Waals surface area (Å²) in [5.74, 6) is -0.254. The van der Waals surface area contributed by atoms with E-state index in [1.54, 1.807) is 0 Å². The third kappa shape index (κ3) is 3.47. The molecule has 1 aliphatic carbocycles. The Morgan fingerprint density at radius 1 is 1.19 bits per heavy atom. The number of nitrogens with zero attached hydrogens (tertiary/aromatic N) is 3. The minimum Gasteiger partial charge on any atom is -0.324 e. The maximum Gasteiger partial charge on any atom is 0.263 e. The Labute approximate surface area is 157 Å². The number of fused-ring (bicyclic) bond motifs is 2. The van der Waals surface area contributed by atoms with Crippen molar-refractivity contribution in [1.82, 2.24) is 14.5 Å². The van der Waals surface area contributed by atoms with Crippen molar-refractivity contribution in [3.05, 3.63) is 63.3 Å². The molecule has 1 N–H and O–H groups in total. The van der Waals surface area contributed by atoms with Gasteiger partial charge in [0.2, 0.25) is 5.91 Å². The van der Waals surface area contributed by atoms with Crippen LogP contribution in [-0.4, -0.2) is 20.4 Å². The van der Waals surface area contributed by atoms with Crippen LogP contribution in [0.1, 0.15) is 35.2 Å². The molecule has 4 rings (SSSR count). The number of rotatable bonds is 3. The van der Waals surface area contributed by atoms with Gasteiger partial charge in [0.15, 0.2) is 5.65 Å². The summed E-state index contributed by atoms with van der Waals surface area (Å²) in [6.45, 7) is 3.87. The molecule has 0 saturated heterocycles. The monoisotopic (exact) mass is 362 g/mol. The van der Waals surface area contributed by atoms with Gasteiger partial charge in [-0.05, 0) is 62.8 Å². The van der Waals surface area contributed by atoms with Crippen molar-refractivity contribution in [2.75, 3.05) is 5.32 Å². The van der Waals surface area contributed by atoms with Gasteiger partial charge in [-0.25, -0.2) is 9.97 Å². The Bertz CT molecular complexity index is 1100. The summed E-state index contributed by atoms with van der Waals surface area (Å²) < 4.78 is 1.35. The van der Waals surface area contributed by atoms with Crippen LogP contribution in [0.2, 0.25) is 0 Å². The van der Waals surface area contributed by atoms with Gasteiger partial charge in [0, 0.05) is 11.4 Å². The highest BCUT2D eigenvalue weighted by Gasteiger charge is 2.15. The predicted molar refractivity (Wildman–Crippen MR) is 105 cm³/mol. The molecule has 0 radical (unpaired) electrons. The summed E-state index contributed by atoms with van der Waals surface area (Å²) in [5, 5.41) is 3.35. The summed E-state index contributed by atoms with van der Waals surface area (Å²) in [7, 11) is 0. The standard InChI is InChI=1S/C21H22N4O2/c1-13-7-8-17(14(2)9-13)23-19(26)11-25-12-22-20-16(21(25)27)10-15-5-3-4-6-18(15)24-20/h7-10,12H,3-6,11H2,1-2H3,(H,23,26). The Balaban J connectivity index is 1.61. The van der Waals surface area contributed by atoms with Gasteiger partial charge >= 0.3 is 0 Å². The summed E-state index contributed by atoms with van der Waals surface area (Å²) in [6.07, 6.45) is 5.54. The van der Waals surface area contributed by atoms with Gasteiger partial charge in [0.05, 0.1) is 5.39 Å². The van der Waals surface area contributed by atoms with Gasteiger partial charge in [-0.3, -0.25) is 14.2 Å². The van der Waals surface area contributed by atoms with Crippen LogP contribution in [0.25, 0.3) is 11.0 Å². The molecule has 3 aromatic rings. The zero-order valence-electron chi connectivity index (χ0n) is 15.6. The van der Waals surface area contributed by atoms with Gasteiger partial charge < -0.3 is 5.32 Å². The molecule has 0 atom stereocenters. The summed E-state index contributed by atoms with van der Waals surface area (Å²) in [4.78, 5) is 34.1. The number of nitrogens with one attached hydrogen (secondary N) is 1. The van der Waals surface area contributed by atoms with Gasteiger partial charge in [-0.1, -0.05) is 17.7 Å². The maximum absolute atomic E-state index is 12.8. The Morgan fingerprint density at radius 2 is 2.00 bits per heavy atom. The molecule has 0 spiro atoms. The summed E-state index contributed by atoms with van der Waals surface area (Å²) in [6, 6.07) is 7.74. The summed E-state index contributed by atoms with van der Waals surface area (Å²) >= 11 is 0. The SMILES string of the molecule is Cc1ccc(NC(=O)Cn2cnc3nc4c(cc3c2=O)CCCC4)c(C)c1. The van der Waals surface area contributed by atoms with E-state index in [1.165, 1.54) is 10.9 Å². The highest BCUT2D eigenvalue weighted by atomic mass is 16.2. The number of aryl methyl sites for hydroxylation is 4. The van der Waals surface area contributed by atoms with Crippen LogP contribution in [0.4, 0.5) is 5.69 Å². The molecular weight excluding hydrogens is 340 g/mol. The number of hydrogen-bond donors (Lipinski definition) is 1. The van der Waals surface area contributed by atoms with E-state index in [0.717, 1.165) is 53.8 Å². The third-order valence-corrected chi connectivity index (χ3v) is 5.06. The first kappa shape index (κ1) is 17.4. The number of hydrogen-bond acceptors (Lipinski definition) is 4.